The third-order valence-electron chi connectivity index (χ3n) is 15.7. The molecule has 0 aliphatic heterocycles. The number of unbranched alkanes of at least 4 members (excludes halogenated alkanes) is 48. The molecule has 3 N–H and O–H groups in total. The van der Waals surface area contributed by atoms with Gasteiger partial charge in [-0.15, -0.1) is 0 Å². The Hall–Kier alpha value is -1.66. The molecule has 0 rings (SSSR count). The minimum absolute atomic E-state index is 0.00447. The van der Waals surface area contributed by atoms with Crippen LogP contribution in [0.25, 0.3) is 0 Å². The molecular weight excluding hydrogens is 911 g/mol. The summed E-state index contributed by atoms with van der Waals surface area (Å²) in [6, 6.07) is -0.542. The first-order valence-electron chi connectivity index (χ1n) is 33.6. The van der Waals surface area contributed by atoms with E-state index in [1.54, 1.807) is 0 Å². The molecule has 0 radical (unpaired) electrons. The maximum Gasteiger partial charge on any atom is 0.305 e. The minimum Gasteiger partial charge on any atom is -0.466 e. The lowest BCUT2D eigenvalue weighted by molar-refractivity contribution is -0.143. The lowest BCUT2D eigenvalue weighted by atomic mass is 10.0. The molecule has 1 amide bonds. The largest absolute Gasteiger partial charge is 0.466 e. The first-order valence-corrected chi connectivity index (χ1v) is 33.6. The molecule has 74 heavy (non-hydrogen) atoms. The van der Waals surface area contributed by atoms with Crippen molar-refractivity contribution >= 4 is 11.9 Å². The lowest BCUT2D eigenvalue weighted by Crippen LogP contribution is -2.45. The second-order valence-corrected chi connectivity index (χ2v) is 23.1. The number of esters is 1. The molecule has 0 aliphatic rings. The van der Waals surface area contributed by atoms with Gasteiger partial charge in [-0.3, -0.25) is 9.59 Å². The Bertz CT molecular complexity index is 1150. The molecular formula is C68H131NO5. The van der Waals surface area contributed by atoms with Gasteiger partial charge in [-0.2, -0.15) is 0 Å². The lowest BCUT2D eigenvalue weighted by Gasteiger charge is -2.22. The molecule has 0 saturated heterocycles. The summed E-state index contributed by atoms with van der Waals surface area (Å²) >= 11 is 0. The van der Waals surface area contributed by atoms with Crippen molar-refractivity contribution in [3.63, 3.8) is 0 Å². The van der Waals surface area contributed by atoms with Crippen molar-refractivity contribution in [2.75, 3.05) is 13.2 Å². The summed E-state index contributed by atoms with van der Waals surface area (Å²) in [6.45, 7) is 4.94. The number of carbonyl (C=O) groups excluding carboxylic acids is 2. The molecule has 0 spiro atoms. The summed E-state index contributed by atoms with van der Waals surface area (Å²) in [6.07, 6.45) is 79.3. The second-order valence-electron chi connectivity index (χ2n) is 23.1. The quantitative estimate of drug-likeness (QED) is 0.0320. The second kappa shape index (κ2) is 63.9. The van der Waals surface area contributed by atoms with Crippen molar-refractivity contribution in [2.45, 2.75) is 386 Å². The summed E-state index contributed by atoms with van der Waals surface area (Å²) in [5, 5.41) is 23.4. The Labute approximate surface area is 462 Å². The van der Waals surface area contributed by atoms with Gasteiger partial charge in [0, 0.05) is 12.8 Å². The van der Waals surface area contributed by atoms with E-state index in [9.17, 15) is 19.8 Å². The van der Waals surface area contributed by atoms with Crippen molar-refractivity contribution in [1.82, 2.24) is 5.32 Å². The number of aliphatic hydroxyl groups excluding tert-OH is 2. The molecule has 0 aromatic heterocycles. The smallest absolute Gasteiger partial charge is 0.305 e. The van der Waals surface area contributed by atoms with Gasteiger partial charge in [0.2, 0.25) is 5.91 Å². The highest BCUT2D eigenvalue weighted by Crippen LogP contribution is 2.18. The standard InChI is InChI=1S/C68H131NO5/c1-3-5-7-9-11-13-15-16-17-18-28-31-34-37-41-44-48-52-56-60-66(71)65(64-70)69-67(72)61-57-53-49-45-42-38-35-32-29-26-24-22-20-19-21-23-25-27-30-33-36-39-43-47-51-55-59-63-74-68(73)62-58-54-50-46-40-14-12-10-8-6-4-2/h10,12,19-20,65-66,70-71H,3-9,11,13-18,21-64H2,1-2H3,(H,69,72)/b12-10-,20-19-. The minimum atomic E-state index is -0.665. The van der Waals surface area contributed by atoms with Crippen molar-refractivity contribution < 1.29 is 24.5 Å². The zero-order valence-electron chi connectivity index (χ0n) is 50.1. The number of hydrogen-bond acceptors (Lipinski definition) is 5. The summed E-state index contributed by atoms with van der Waals surface area (Å²) in [5.41, 5.74) is 0. The van der Waals surface area contributed by atoms with E-state index < -0.39 is 12.1 Å². The van der Waals surface area contributed by atoms with Crippen LogP contribution in [0.5, 0.6) is 0 Å². The van der Waals surface area contributed by atoms with Gasteiger partial charge < -0.3 is 20.3 Å². The van der Waals surface area contributed by atoms with E-state index in [-0.39, 0.29) is 18.5 Å². The molecule has 2 atom stereocenters. The van der Waals surface area contributed by atoms with Crippen LogP contribution >= 0.6 is 0 Å². The highest BCUT2D eigenvalue weighted by atomic mass is 16.5. The highest BCUT2D eigenvalue weighted by molar-refractivity contribution is 5.76. The molecule has 0 aromatic carbocycles. The third kappa shape index (κ3) is 59.6. The number of amides is 1. The predicted octanol–water partition coefficient (Wildman–Crippen LogP) is 21.4. The van der Waals surface area contributed by atoms with E-state index in [0.29, 0.717) is 25.9 Å². The number of aliphatic hydroxyl groups is 2. The Kier molecular flexibility index (Phi) is 62.4. The van der Waals surface area contributed by atoms with Crippen LogP contribution in [0.1, 0.15) is 373 Å². The Morgan fingerprint density at radius 2 is 0.649 bits per heavy atom. The molecule has 0 aromatic rings. The van der Waals surface area contributed by atoms with Crippen molar-refractivity contribution in [1.29, 1.82) is 0 Å². The van der Waals surface area contributed by atoms with Crippen LogP contribution in [0, 0.1) is 0 Å². The van der Waals surface area contributed by atoms with E-state index in [1.165, 1.54) is 295 Å². The summed E-state index contributed by atoms with van der Waals surface area (Å²) in [5.74, 6) is -0.0277. The number of nitrogens with one attached hydrogen (secondary N) is 1. The van der Waals surface area contributed by atoms with Gasteiger partial charge in [0.05, 0.1) is 25.4 Å². The first kappa shape index (κ1) is 72.3. The maximum absolute atomic E-state index is 12.5. The van der Waals surface area contributed by atoms with E-state index >= 15 is 0 Å². The molecule has 0 aliphatic carbocycles. The van der Waals surface area contributed by atoms with Gasteiger partial charge in [-0.1, -0.05) is 314 Å². The Morgan fingerprint density at radius 3 is 1.00 bits per heavy atom. The molecule has 0 saturated carbocycles. The van der Waals surface area contributed by atoms with Gasteiger partial charge in [-0.25, -0.2) is 0 Å². The van der Waals surface area contributed by atoms with Crippen LogP contribution in [0.15, 0.2) is 24.3 Å². The Balaban J connectivity index is 3.39. The molecule has 438 valence electrons. The van der Waals surface area contributed by atoms with Gasteiger partial charge in [-0.05, 0) is 70.6 Å². The van der Waals surface area contributed by atoms with E-state index in [2.05, 4.69) is 43.5 Å². The van der Waals surface area contributed by atoms with Crippen LogP contribution in [0.4, 0.5) is 0 Å². The number of allylic oxidation sites excluding steroid dienone is 4. The van der Waals surface area contributed by atoms with Crippen molar-refractivity contribution in [3.8, 4) is 0 Å². The van der Waals surface area contributed by atoms with Gasteiger partial charge >= 0.3 is 5.97 Å². The topological polar surface area (TPSA) is 95.9 Å². The maximum atomic E-state index is 12.5. The number of hydrogen-bond donors (Lipinski definition) is 3. The third-order valence-corrected chi connectivity index (χ3v) is 15.7. The number of ether oxygens (including phenoxy) is 1. The summed E-state index contributed by atoms with van der Waals surface area (Å²) in [4.78, 5) is 24.5. The zero-order chi connectivity index (χ0) is 53.6. The molecule has 2 unspecified atom stereocenters. The van der Waals surface area contributed by atoms with Gasteiger partial charge in [0.15, 0.2) is 0 Å². The fraction of sp³-hybridized carbons (Fsp3) is 0.912. The normalized spacial score (nSPS) is 12.6. The Morgan fingerprint density at radius 1 is 0.365 bits per heavy atom. The van der Waals surface area contributed by atoms with E-state index in [0.717, 1.165) is 44.9 Å². The molecule has 6 heteroatoms. The zero-order valence-corrected chi connectivity index (χ0v) is 50.1. The summed E-state index contributed by atoms with van der Waals surface area (Å²) in [7, 11) is 0. The number of rotatable bonds is 63. The van der Waals surface area contributed by atoms with Crippen molar-refractivity contribution in [3.05, 3.63) is 24.3 Å². The SMILES string of the molecule is CCCC/C=C\CCCCCCCC(=O)OCCCCCCCCCCCCCC/C=C\CCCCCCCCCCCCCC(=O)NC(CO)C(O)CCCCCCCCCCCCCCCCCCCCC. The predicted molar refractivity (Wildman–Crippen MR) is 324 cm³/mol. The van der Waals surface area contributed by atoms with Crippen LogP contribution in [0.2, 0.25) is 0 Å². The van der Waals surface area contributed by atoms with Crippen LogP contribution < -0.4 is 5.32 Å². The molecule has 0 heterocycles. The van der Waals surface area contributed by atoms with Crippen LogP contribution in [0.3, 0.4) is 0 Å². The first-order chi connectivity index (χ1) is 36.5. The monoisotopic (exact) mass is 1040 g/mol. The molecule has 0 bridgehead atoms. The van der Waals surface area contributed by atoms with Crippen LogP contribution in [-0.2, 0) is 14.3 Å². The molecule has 0 fully saturated rings. The summed E-state index contributed by atoms with van der Waals surface area (Å²) < 4.78 is 5.46. The fourth-order valence-electron chi connectivity index (χ4n) is 10.6. The number of carbonyl (C=O) groups is 2. The van der Waals surface area contributed by atoms with Crippen LogP contribution in [-0.4, -0.2) is 47.4 Å². The van der Waals surface area contributed by atoms with Gasteiger partial charge in [0.1, 0.15) is 0 Å². The average Bonchev–Trinajstić information content (AvgIpc) is 3.40. The van der Waals surface area contributed by atoms with E-state index in [1.807, 2.05) is 0 Å². The average molecular weight is 1040 g/mol. The fourth-order valence-corrected chi connectivity index (χ4v) is 10.6. The van der Waals surface area contributed by atoms with E-state index in [4.69, 9.17) is 4.74 Å². The highest BCUT2D eigenvalue weighted by Gasteiger charge is 2.20. The molecule has 6 nitrogen and oxygen atoms in total. The van der Waals surface area contributed by atoms with Crippen molar-refractivity contribution in [2.24, 2.45) is 0 Å². The van der Waals surface area contributed by atoms with Gasteiger partial charge in [0.25, 0.3) is 0 Å².